The molecule has 0 radical (unpaired) electrons. The number of nitrogen functional groups attached to an aromatic ring is 1. The maximum absolute atomic E-state index is 6.00. The Labute approximate surface area is 117 Å². The molecule has 0 aliphatic carbocycles. The molecule has 0 bridgehead atoms. The van der Waals surface area contributed by atoms with Crippen molar-refractivity contribution < 1.29 is 4.74 Å². The third-order valence-corrected chi connectivity index (χ3v) is 3.29. The van der Waals surface area contributed by atoms with E-state index in [4.69, 9.17) is 10.5 Å². The van der Waals surface area contributed by atoms with Crippen molar-refractivity contribution in [3.63, 3.8) is 0 Å². The second-order valence-electron chi connectivity index (χ2n) is 4.80. The Morgan fingerprint density at radius 3 is 2.65 bits per heavy atom. The molecule has 0 amide bonds. The summed E-state index contributed by atoms with van der Waals surface area (Å²) in [6.07, 6.45) is 1.63. The number of fused-ring (bicyclic) bond motifs is 1. The highest BCUT2D eigenvalue weighted by Gasteiger charge is 2.08. The first kappa shape index (κ1) is 12.4. The number of aromatic nitrogens is 2. The molecule has 3 rings (SSSR count). The zero-order valence-corrected chi connectivity index (χ0v) is 11.4. The van der Waals surface area contributed by atoms with Gasteiger partial charge in [-0.25, -0.2) is 0 Å². The summed E-state index contributed by atoms with van der Waals surface area (Å²) in [7, 11) is 0. The van der Waals surface area contributed by atoms with Gasteiger partial charge >= 0.3 is 0 Å². The van der Waals surface area contributed by atoms with E-state index in [-0.39, 0.29) is 0 Å². The first-order valence-corrected chi connectivity index (χ1v) is 6.40. The standard InChI is InChI=1S/C16H15N3O/c1-10-8-15(11(2)7-13(10)17)20-16-9-18-19-14-6-4-3-5-12(14)16/h3-9H,17H2,1-2H3. The Balaban J connectivity index is 2.08. The van der Waals surface area contributed by atoms with Gasteiger partial charge in [0.15, 0.2) is 5.75 Å². The smallest absolute Gasteiger partial charge is 0.157 e. The van der Waals surface area contributed by atoms with Crippen LogP contribution in [0.25, 0.3) is 10.9 Å². The Kier molecular flexibility index (Phi) is 2.99. The average molecular weight is 265 g/mol. The van der Waals surface area contributed by atoms with Gasteiger partial charge in [-0.1, -0.05) is 12.1 Å². The molecule has 4 heteroatoms. The number of rotatable bonds is 2. The molecular weight excluding hydrogens is 250 g/mol. The van der Waals surface area contributed by atoms with E-state index in [0.717, 1.165) is 33.5 Å². The van der Waals surface area contributed by atoms with Crippen LogP contribution in [0.15, 0.2) is 42.6 Å². The van der Waals surface area contributed by atoms with Gasteiger partial charge in [-0.05, 0) is 49.2 Å². The van der Waals surface area contributed by atoms with Crippen LogP contribution in [0, 0.1) is 13.8 Å². The van der Waals surface area contributed by atoms with Crippen LogP contribution >= 0.6 is 0 Å². The number of nitrogens with two attached hydrogens (primary N) is 1. The number of benzene rings is 2. The van der Waals surface area contributed by atoms with Crippen molar-refractivity contribution in [1.29, 1.82) is 0 Å². The van der Waals surface area contributed by atoms with E-state index in [1.165, 1.54) is 0 Å². The predicted octanol–water partition coefficient (Wildman–Crippen LogP) is 3.62. The van der Waals surface area contributed by atoms with Crippen LogP contribution in [-0.4, -0.2) is 10.2 Å². The van der Waals surface area contributed by atoms with Gasteiger partial charge in [0.2, 0.25) is 0 Å². The quantitative estimate of drug-likeness (QED) is 0.719. The molecule has 0 saturated carbocycles. The minimum absolute atomic E-state index is 0.697. The van der Waals surface area contributed by atoms with Gasteiger partial charge in [0.1, 0.15) is 5.75 Å². The Hall–Kier alpha value is -2.62. The molecule has 0 atom stereocenters. The second-order valence-corrected chi connectivity index (χ2v) is 4.80. The van der Waals surface area contributed by atoms with Crippen molar-refractivity contribution in [2.45, 2.75) is 13.8 Å². The van der Waals surface area contributed by atoms with E-state index in [0.29, 0.717) is 5.75 Å². The van der Waals surface area contributed by atoms with E-state index in [9.17, 15) is 0 Å². The molecule has 0 fully saturated rings. The molecule has 2 N–H and O–H groups in total. The van der Waals surface area contributed by atoms with Crippen LogP contribution in [0.3, 0.4) is 0 Å². The molecule has 1 aromatic heterocycles. The summed E-state index contributed by atoms with van der Waals surface area (Å²) in [6, 6.07) is 11.6. The Morgan fingerprint density at radius 1 is 1.00 bits per heavy atom. The molecule has 0 aliphatic rings. The van der Waals surface area contributed by atoms with Gasteiger partial charge in [-0.15, -0.1) is 0 Å². The molecule has 4 nitrogen and oxygen atoms in total. The monoisotopic (exact) mass is 265 g/mol. The summed E-state index contributed by atoms with van der Waals surface area (Å²) < 4.78 is 6.00. The topological polar surface area (TPSA) is 61.0 Å². The molecule has 3 aromatic rings. The maximum atomic E-state index is 6.00. The minimum Gasteiger partial charge on any atom is -0.455 e. The number of ether oxygens (including phenoxy) is 1. The van der Waals surface area contributed by atoms with Crippen molar-refractivity contribution in [3.8, 4) is 11.5 Å². The third kappa shape index (κ3) is 2.16. The van der Waals surface area contributed by atoms with Crippen molar-refractivity contribution in [2.75, 3.05) is 5.73 Å². The first-order valence-electron chi connectivity index (χ1n) is 6.40. The largest absolute Gasteiger partial charge is 0.455 e. The SMILES string of the molecule is Cc1cc(Oc2cnnc3ccccc23)c(C)cc1N. The minimum atomic E-state index is 0.697. The summed E-state index contributed by atoms with van der Waals surface area (Å²) in [5, 5.41) is 9.01. The molecular formula is C16H15N3O. The van der Waals surface area contributed by atoms with Gasteiger partial charge in [0.25, 0.3) is 0 Å². The van der Waals surface area contributed by atoms with Gasteiger partial charge in [0, 0.05) is 11.1 Å². The molecule has 2 aromatic carbocycles. The summed E-state index contributed by atoms with van der Waals surface area (Å²) in [5.41, 5.74) is 9.47. The molecule has 100 valence electrons. The highest BCUT2D eigenvalue weighted by molar-refractivity contribution is 5.84. The fourth-order valence-electron chi connectivity index (χ4n) is 2.10. The van der Waals surface area contributed by atoms with Crippen molar-refractivity contribution >= 4 is 16.6 Å². The van der Waals surface area contributed by atoms with Crippen molar-refractivity contribution in [1.82, 2.24) is 10.2 Å². The highest BCUT2D eigenvalue weighted by atomic mass is 16.5. The molecule has 0 saturated heterocycles. The van der Waals surface area contributed by atoms with Crippen LogP contribution in [0.1, 0.15) is 11.1 Å². The van der Waals surface area contributed by atoms with Gasteiger partial charge in [0.05, 0.1) is 11.7 Å². The lowest BCUT2D eigenvalue weighted by Crippen LogP contribution is -1.95. The van der Waals surface area contributed by atoms with E-state index in [2.05, 4.69) is 10.2 Å². The fourth-order valence-corrected chi connectivity index (χ4v) is 2.10. The van der Waals surface area contributed by atoms with Crippen molar-refractivity contribution in [3.05, 3.63) is 53.7 Å². The zero-order chi connectivity index (χ0) is 14.1. The lowest BCUT2D eigenvalue weighted by atomic mass is 10.1. The Morgan fingerprint density at radius 2 is 1.80 bits per heavy atom. The summed E-state index contributed by atoms with van der Waals surface area (Å²) in [5.74, 6) is 1.48. The molecule has 1 heterocycles. The third-order valence-electron chi connectivity index (χ3n) is 3.29. The first-order chi connectivity index (χ1) is 9.65. The van der Waals surface area contributed by atoms with Gasteiger partial charge in [-0.2, -0.15) is 10.2 Å². The van der Waals surface area contributed by atoms with E-state index in [1.54, 1.807) is 6.20 Å². The number of nitrogens with zero attached hydrogens (tertiary/aromatic N) is 2. The van der Waals surface area contributed by atoms with E-state index < -0.39 is 0 Å². The lowest BCUT2D eigenvalue weighted by Gasteiger charge is -2.12. The van der Waals surface area contributed by atoms with E-state index >= 15 is 0 Å². The molecule has 0 aliphatic heterocycles. The van der Waals surface area contributed by atoms with Crippen molar-refractivity contribution in [2.24, 2.45) is 0 Å². The summed E-state index contributed by atoms with van der Waals surface area (Å²) in [4.78, 5) is 0. The maximum Gasteiger partial charge on any atom is 0.157 e. The van der Waals surface area contributed by atoms with Gasteiger partial charge in [-0.3, -0.25) is 0 Å². The van der Waals surface area contributed by atoms with Crippen LogP contribution in [0.5, 0.6) is 11.5 Å². The number of aryl methyl sites for hydroxylation is 2. The van der Waals surface area contributed by atoms with Crippen LogP contribution in [0.2, 0.25) is 0 Å². The zero-order valence-electron chi connectivity index (χ0n) is 11.4. The Bertz CT molecular complexity index is 779. The van der Waals surface area contributed by atoms with E-state index in [1.807, 2.05) is 50.2 Å². The second kappa shape index (κ2) is 4.81. The van der Waals surface area contributed by atoms with Crippen LogP contribution < -0.4 is 10.5 Å². The van der Waals surface area contributed by atoms with Crippen LogP contribution in [-0.2, 0) is 0 Å². The van der Waals surface area contributed by atoms with Crippen LogP contribution in [0.4, 0.5) is 5.69 Å². The molecule has 20 heavy (non-hydrogen) atoms. The molecule has 0 unspecified atom stereocenters. The normalized spacial score (nSPS) is 10.7. The lowest BCUT2D eigenvalue weighted by molar-refractivity contribution is 0.481. The number of hydrogen-bond donors (Lipinski definition) is 1. The number of anilines is 1. The summed E-state index contributed by atoms with van der Waals surface area (Å²) in [6.45, 7) is 3.94. The fraction of sp³-hybridized carbons (Fsp3) is 0.125. The average Bonchev–Trinajstić information content (AvgIpc) is 2.45. The van der Waals surface area contributed by atoms with Gasteiger partial charge < -0.3 is 10.5 Å². The summed E-state index contributed by atoms with van der Waals surface area (Å²) >= 11 is 0. The highest BCUT2D eigenvalue weighted by Crippen LogP contribution is 2.31. The number of hydrogen-bond acceptors (Lipinski definition) is 4. The predicted molar refractivity (Wildman–Crippen MR) is 79.9 cm³/mol. The molecule has 0 spiro atoms.